The minimum Gasteiger partial charge on any atom is -0.295 e. The van der Waals surface area contributed by atoms with Crippen molar-refractivity contribution in [2.75, 3.05) is 0 Å². The molecule has 1 aromatic rings. The first-order valence-electron chi connectivity index (χ1n) is 7.93. The Hall–Kier alpha value is -1.37. The van der Waals surface area contributed by atoms with Gasteiger partial charge in [0.25, 0.3) is 0 Å². The highest BCUT2D eigenvalue weighted by atomic mass is 16.1. The maximum atomic E-state index is 11.9. The molecule has 110 valence electrons. The molecule has 0 aromatic heterocycles. The number of benzene rings is 1. The van der Waals surface area contributed by atoms with Gasteiger partial charge in [0.05, 0.1) is 0 Å². The summed E-state index contributed by atoms with van der Waals surface area (Å²) in [4.78, 5) is 11.9. The summed E-state index contributed by atoms with van der Waals surface area (Å²) in [6.07, 6.45) is 10.4. The van der Waals surface area contributed by atoms with Gasteiger partial charge in [0.1, 0.15) is 0 Å². The van der Waals surface area contributed by atoms with Crippen LogP contribution in [0.25, 0.3) is 6.08 Å². The fraction of sp³-hybridized carbons (Fsp3) is 0.526. The lowest BCUT2D eigenvalue weighted by Gasteiger charge is -2.12. The second kappa shape index (κ2) is 9.52. The molecule has 0 aliphatic heterocycles. The van der Waals surface area contributed by atoms with E-state index < -0.39 is 0 Å². The van der Waals surface area contributed by atoms with Crippen LogP contribution in [0.2, 0.25) is 0 Å². The summed E-state index contributed by atoms with van der Waals surface area (Å²) in [5, 5.41) is 0. The Bertz CT molecular complexity index is 414. The number of carbonyl (C=O) groups excluding carboxylic acids is 1. The summed E-state index contributed by atoms with van der Waals surface area (Å²) >= 11 is 0. The van der Waals surface area contributed by atoms with Crippen molar-refractivity contribution in [1.82, 2.24) is 0 Å². The summed E-state index contributed by atoms with van der Waals surface area (Å²) in [6.45, 7) is 6.52. The molecule has 0 fully saturated rings. The van der Waals surface area contributed by atoms with Crippen molar-refractivity contribution in [3.05, 3.63) is 41.5 Å². The molecule has 0 aliphatic rings. The van der Waals surface area contributed by atoms with Crippen LogP contribution in [-0.4, -0.2) is 5.78 Å². The second-order valence-electron chi connectivity index (χ2n) is 5.67. The van der Waals surface area contributed by atoms with Crippen molar-refractivity contribution in [2.24, 2.45) is 5.92 Å². The van der Waals surface area contributed by atoms with Crippen molar-refractivity contribution in [3.63, 3.8) is 0 Å². The van der Waals surface area contributed by atoms with Gasteiger partial charge in [-0.15, -0.1) is 0 Å². The quantitative estimate of drug-likeness (QED) is 0.537. The minimum absolute atomic E-state index is 0.250. The molecule has 0 spiro atoms. The standard InChI is InChI=1S/C19H28O/c1-4-6-7-17(5-2)12-14-19(20)15-13-18-10-8-16(3)9-11-18/h8-11,13,15,17H,4-7,12,14H2,1-3H3/b15-13+. The van der Waals surface area contributed by atoms with Crippen molar-refractivity contribution >= 4 is 11.9 Å². The smallest absolute Gasteiger partial charge is 0.155 e. The molecule has 1 atom stereocenters. The van der Waals surface area contributed by atoms with E-state index in [1.54, 1.807) is 6.08 Å². The van der Waals surface area contributed by atoms with Crippen LogP contribution in [0.4, 0.5) is 0 Å². The highest BCUT2D eigenvalue weighted by Crippen LogP contribution is 2.18. The molecule has 1 rings (SSSR count). The van der Waals surface area contributed by atoms with Gasteiger partial charge in [0.15, 0.2) is 5.78 Å². The van der Waals surface area contributed by atoms with Crippen LogP contribution in [-0.2, 0) is 4.79 Å². The largest absolute Gasteiger partial charge is 0.295 e. The number of hydrogen-bond donors (Lipinski definition) is 0. The highest BCUT2D eigenvalue weighted by Gasteiger charge is 2.07. The third-order valence-corrected chi connectivity index (χ3v) is 3.88. The first-order valence-corrected chi connectivity index (χ1v) is 7.93. The van der Waals surface area contributed by atoms with E-state index in [4.69, 9.17) is 0 Å². The fourth-order valence-corrected chi connectivity index (χ4v) is 2.34. The first kappa shape index (κ1) is 16.7. The van der Waals surface area contributed by atoms with Gasteiger partial charge in [-0.05, 0) is 30.9 Å². The van der Waals surface area contributed by atoms with Crippen LogP contribution in [0, 0.1) is 12.8 Å². The van der Waals surface area contributed by atoms with E-state index in [2.05, 4.69) is 45.0 Å². The maximum Gasteiger partial charge on any atom is 0.155 e. The molecule has 0 heterocycles. The summed E-state index contributed by atoms with van der Waals surface area (Å²) in [7, 11) is 0. The maximum absolute atomic E-state index is 11.9. The van der Waals surface area contributed by atoms with Gasteiger partial charge in [-0.1, -0.05) is 75.4 Å². The van der Waals surface area contributed by atoms with Crippen LogP contribution in [0.3, 0.4) is 0 Å². The Morgan fingerprint density at radius 1 is 1.15 bits per heavy atom. The lowest BCUT2D eigenvalue weighted by Crippen LogP contribution is -2.02. The van der Waals surface area contributed by atoms with E-state index in [1.165, 1.54) is 31.2 Å². The number of carbonyl (C=O) groups is 1. The van der Waals surface area contributed by atoms with E-state index in [0.29, 0.717) is 12.3 Å². The van der Waals surface area contributed by atoms with Gasteiger partial charge in [-0.3, -0.25) is 4.79 Å². The molecule has 0 bridgehead atoms. The molecule has 1 unspecified atom stereocenters. The summed E-state index contributed by atoms with van der Waals surface area (Å²) in [5.74, 6) is 0.965. The monoisotopic (exact) mass is 272 g/mol. The molecule has 1 aromatic carbocycles. The number of unbranched alkanes of at least 4 members (excludes halogenated alkanes) is 1. The molecule has 20 heavy (non-hydrogen) atoms. The molecule has 0 radical (unpaired) electrons. The Balaban J connectivity index is 2.37. The lowest BCUT2D eigenvalue weighted by molar-refractivity contribution is -0.114. The predicted octanol–water partition coefficient (Wildman–Crippen LogP) is 5.57. The average molecular weight is 272 g/mol. The van der Waals surface area contributed by atoms with Crippen LogP contribution >= 0.6 is 0 Å². The number of allylic oxidation sites excluding steroid dienone is 1. The third-order valence-electron chi connectivity index (χ3n) is 3.88. The zero-order valence-corrected chi connectivity index (χ0v) is 13.2. The van der Waals surface area contributed by atoms with Crippen LogP contribution in [0.15, 0.2) is 30.3 Å². The second-order valence-corrected chi connectivity index (χ2v) is 5.67. The SMILES string of the molecule is CCCCC(CC)CCC(=O)/C=C/c1ccc(C)cc1. The van der Waals surface area contributed by atoms with Crippen LogP contribution in [0.5, 0.6) is 0 Å². The number of rotatable bonds is 9. The predicted molar refractivity (Wildman–Crippen MR) is 87.8 cm³/mol. The van der Waals surface area contributed by atoms with Crippen molar-refractivity contribution in [3.8, 4) is 0 Å². The Morgan fingerprint density at radius 3 is 2.45 bits per heavy atom. The van der Waals surface area contributed by atoms with Crippen LogP contribution < -0.4 is 0 Å². The normalized spacial score (nSPS) is 12.8. The van der Waals surface area contributed by atoms with Gasteiger partial charge >= 0.3 is 0 Å². The van der Waals surface area contributed by atoms with E-state index in [-0.39, 0.29) is 5.78 Å². The van der Waals surface area contributed by atoms with Gasteiger partial charge in [-0.25, -0.2) is 0 Å². The average Bonchev–Trinajstić information content (AvgIpc) is 2.47. The molecule has 0 saturated carbocycles. The molecule has 1 nitrogen and oxygen atoms in total. The van der Waals surface area contributed by atoms with Crippen molar-refractivity contribution in [2.45, 2.75) is 59.3 Å². The highest BCUT2D eigenvalue weighted by molar-refractivity contribution is 5.93. The Kier molecular flexibility index (Phi) is 7.94. The molecule has 0 aliphatic carbocycles. The number of hydrogen-bond acceptors (Lipinski definition) is 1. The first-order chi connectivity index (χ1) is 9.65. The minimum atomic E-state index is 0.250. The third kappa shape index (κ3) is 6.70. The van der Waals surface area contributed by atoms with E-state index in [9.17, 15) is 4.79 Å². The van der Waals surface area contributed by atoms with Gasteiger partial charge < -0.3 is 0 Å². The van der Waals surface area contributed by atoms with Gasteiger partial charge in [0.2, 0.25) is 0 Å². The summed E-state index contributed by atoms with van der Waals surface area (Å²) < 4.78 is 0. The molecular weight excluding hydrogens is 244 g/mol. The topological polar surface area (TPSA) is 17.1 Å². The zero-order chi connectivity index (χ0) is 14.8. The molecule has 0 saturated heterocycles. The zero-order valence-electron chi connectivity index (χ0n) is 13.2. The molecular formula is C19H28O. The molecule has 0 N–H and O–H groups in total. The van der Waals surface area contributed by atoms with Crippen molar-refractivity contribution < 1.29 is 4.79 Å². The van der Waals surface area contributed by atoms with Gasteiger partial charge in [0, 0.05) is 6.42 Å². The molecule has 1 heteroatoms. The number of aryl methyl sites for hydroxylation is 1. The van der Waals surface area contributed by atoms with E-state index in [0.717, 1.165) is 12.0 Å². The summed E-state index contributed by atoms with van der Waals surface area (Å²) in [6, 6.07) is 8.24. The van der Waals surface area contributed by atoms with Crippen LogP contribution in [0.1, 0.15) is 63.5 Å². The molecule has 0 amide bonds. The Morgan fingerprint density at radius 2 is 1.85 bits per heavy atom. The fourth-order valence-electron chi connectivity index (χ4n) is 2.34. The van der Waals surface area contributed by atoms with Crippen molar-refractivity contribution in [1.29, 1.82) is 0 Å². The lowest BCUT2D eigenvalue weighted by atomic mass is 9.93. The van der Waals surface area contributed by atoms with E-state index >= 15 is 0 Å². The number of ketones is 1. The van der Waals surface area contributed by atoms with Gasteiger partial charge in [-0.2, -0.15) is 0 Å². The van der Waals surface area contributed by atoms with E-state index in [1.807, 2.05) is 6.08 Å². The summed E-state index contributed by atoms with van der Waals surface area (Å²) in [5.41, 5.74) is 2.34. The Labute approximate surface area is 124 Å².